The summed E-state index contributed by atoms with van der Waals surface area (Å²) in [5.41, 5.74) is 9.94. The summed E-state index contributed by atoms with van der Waals surface area (Å²) in [6.07, 6.45) is 14.1. The predicted octanol–water partition coefficient (Wildman–Crippen LogP) is 10.9. The molecule has 4 aromatic carbocycles. The van der Waals surface area contributed by atoms with Gasteiger partial charge in [0.15, 0.2) is 0 Å². The molecule has 0 heterocycles. The molecule has 0 aliphatic heterocycles. The Balaban J connectivity index is 1.51. The van der Waals surface area contributed by atoms with Crippen molar-refractivity contribution in [3.63, 3.8) is 0 Å². The van der Waals surface area contributed by atoms with E-state index in [1.807, 2.05) is 0 Å². The monoisotopic (exact) mass is 561 g/mol. The molecular formula is C38H43P2. The molecule has 0 amide bonds. The topological polar surface area (TPSA) is 0 Å². The average molecular weight is 562 g/mol. The lowest BCUT2D eigenvalue weighted by molar-refractivity contribution is 0.509. The second-order valence-corrected chi connectivity index (χ2v) is 18.3. The number of rotatable bonds is 7. The lowest BCUT2D eigenvalue weighted by Crippen LogP contribution is -2.25. The maximum absolute atomic E-state index is 3.69. The van der Waals surface area contributed by atoms with Crippen LogP contribution in [-0.4, -0.2) is 11.3 Å². The molecule has 2 saturated carbocycles. The van der Waals surface area contributed by atoms with E-state index < -0.39 is 0 Å². The highest BCUT2D eigenvalue weighted by atomic mass is 32.1. The van der Waals surface area contributed by atoms with Gasteiger partial charge in [0.1, 0.15) is 0 Å². The minimum atomic E-state index is -0.329. The summed E-state index contributed by atoms with van der Waals surface area (Å²) >= 11 is 0. The van der Waals surface area contributed by atoms with E-state index in [0.29, 0.717) is 0 Å². The van der Waals surface area contributed by atoms with Gasteiger partial charge in [-0.3, -0.25) is 0 Å². The second-order valence-electron chi connectivity index (χ2n) is 11.9. The summed E-state index contributed by atoms with van der Waals surface area (Å²) in [5.74, 6) is 0. The quantitative estimate of drug-likeness (QED) is 0.197. The molecule has 6 rings (SSSR count). The Morgan fingerprint density at radius 3 is 1.80 bits per heavy atom. The molecular weight excluding hydrogens is 518 g/mol. The summed E-state index contributed by atoms with van der Waals surface area (Å²) in [6, 6.07) is 38.3. The predicted molar refractivity (Wildman–Crippen MR) is 179 cm³/mol. The Labute approximate surface area is 245 Å². The highest BCUT2D eigenvalue weighted by Crippen LogP contribution is 2.76. The van der Waals surface area contributed by atoms with Crippen LogP contribution in [0.1, 0.15) is 75.3 Å². The van der Waals surface area contributed by atoms with E-state index in [1.165, 1.54) is 97.6 Å². The molecule has 1 radical (unpaired) electrons. The van der Waals surface area contributed by atoms with Crippen molar-refractivity contribution in [2.45, 2.75) is 89.4 Å². The van der Waals surface area contributed by atoms with Crippen LogP contribution in [0.25, 0.3) is 22.3 Å². The average Bonchev–Trinajstić information content (AvgIpc) is 3.02. The van der Waals surface area contributed by atoms with E-state index in [-0.39, 0.29) is 15.2 Å². The van der Waals surface area contributed by atoms with Crippen molar-refractivity contribution in [1.82, 2.24) is 0 Å². The lowest BCUT2D eigenvalue weighted by Gasteiger charge is -2.43. The fourth-order valence-corrected chi connectivity index (χ4v) is 17.8. The van der Waals surface area contributed by atoms with Gasteiger partial charge < -0.3 is 0 Å². The van der Waals surface area contributed by atoms with Gasteiger partial charge in [-0.1, -0.05) is 130 Å². The van der Waals surface area contributed by atoms with Crippen LogP contribution in [0, 0.1) is 19.9 Å². The molecule has 0 aromatic heterocycles. The van der Waals surface area contributed by atoms with E-state index in [0.717, 1.165) is 11.3 Å². The molecule has 2 aliphatic carbocycles. The van der Waals surface area contributed by atoms with E-state index >= 15 is 0 Å². The Morgan fingerprint density at radius 2 is 1.15 bits per heavy atom. The van der Waals surface area contributed by atoms with Crippen LogP contribution in [0.5, 0.6) is 0 Å². The molecule has 0 N–H and O–H groups in total. The highest BCUT2D eigenvalue weighted by molar-refractivity contribution is 8.36. The minimum Gasteiger partial charge on any atom is -0.0622 e. The standard InChI is InChI=1S/C38H43P2/c1-29-15-12-13-23-36(29)38-30(2)16-14-24-37(38)40(34-21-10-5-11-22-34)39(33-19-8-4-9-20-33)35-27-25-32(26-28-35)31-17-6-3-7-18-31/h3,6-7,12-18,24-28,33-34H,4-5,8-11,19-22H2,1-2H3/t39?,40-/m0/s1. The lowest BCUT2D eigenvalue weighted by atomic mass is 9.97. The van der Waals surface area contributed by atoms with Gasteiger partial charge in [0.2, 0.25) is 0 Å². The molecule has 1 unspecified atom stereocenters. The van der Waals surface area contributed by atoms with Crippen LogP contribution in [0.15, 0.2) is 91.0 Å². The van der Waals surface area contributed by atoms with Gasteiger partial charge in [-0.25, -0.2) is 0 Å². The van der Waals surface area contributed by atoms with Crippen LogP contribution >= 0.6 is 15.2 Å². The first-order valence-electron chi connectivity index (χ1n) is 15.5. The Kier molecular flexibility index (Phi) is 9.17. The normalized spacial score (nSPS) is 18.4. The summed E-state index contributed by atoms with van der Waals surface area (Å²) in [6.45, 7) is 4.61. The fraction of sp³-hybridized carbons (Fsp3) is 0.368. The number of hydrogen-bond donors (Lipinski definition) is 0. The minimum absolute atomic E-state index is 0.295. The van der Waals surface area contributed by atoms with Crippen LogP contribution < -0.4 is 10.6 Å². The number of aryl methyl sites for hydroxylation is 2. The highest BCUT2D eigenvalue weighted by Gasteiger charge is 2.38. The molecule has 205 valence electrons. The van der Waals surface area contributed by atoms with Crippen LogP contribution in [0.2, 0.25) is 0 Å². The summed E-state index contributed by atoms with van der Waals surface area (Å²) in [4.78, 5) is 0. The molecule has 0 saturated heterocycles. The molecule has 0 bridgehead atoms. The first kappa shape index (κ1) is 27.9. The van der Waals surface area contributed by atoms with Crippen molar-refractivity contribution in [2.24, 2.45) is 0 Å². The van der Waals surface area contributed by atoms with Crippen molar-refractivity contribution in [1.29, 1.82) is 0 Å². The molecule has 2 aliphatic rings. The van der Waals surface area contributed by atoms with E-state index in [2.05, 4.69) is 111 Å². The Hall–Kier alpha value is -2.26. The van der Waals surface area contributed by atoms with Crippen LogP contribution in [-0.2, 0) is 0 Å². The first-order chi connectivity index (χ1) is 19.7. The maximum atomic E-state index is 3.69. The molecule has 0 spiro atoms. The largest absolute Gasteiger partial charge is 0.0622 e. The molecule has 4 aromatic rings. The van der Waals surface area contributed by atoms with Crippen molar-refractivity contribution in [3.05, 3.63) is 108 Å². The van der Waals surface area contributed by atoms with Crippen molar-refractivity contribution in [2.75, 3.05) is 0 Å². The zero-order chi connectivity index (χ0) is 27.3. The molecule has 40 heavy (non-hydrogen) atoms. The second kappa shape index (κ2) is 13.1. The van der Waals surface area contributed by atoms with Gasteiger partial charge in [-0.05, 0) is 116 Å². The van der Waals surface area contributed by atoms with Crippen molar-refractivity contribution in [3.8, 4) is 22.3 Å². The van der Waals surface area contributed by atoms with E-state index in [9.17, 15) is 0 Å². The van der Waals surface area contributed by atoms with Gasteiger partial charge in [-0.2, -0.15) is 0 Å². The van der Waals surface area contributed by atoms with E-state index in [1.54, 1.807) is 10.6 Å². The smallest absolute Gasteiger partial charge is 0.00651 e. The van der Waals surface area contributed by atoms with Gasteiger partial charge >= 0.3 is 0 Å². The fourth-order valence-electron chi connectivity index (χ4n) is 7.05. The molecule has 2 atom stereocenters. The zero-order valence-electron chi connectivity index (χ0n) is 24.3. The third-order valence-corrected chi connectivity index (χ3v) is 18.4. The Morgan fingerprint density at radius 1 is 0.550 bits per heavy atom. The third-order valence-electron chi connectivity index (χ3n) is 9.12. The van der Waals surface area contributed by atoms with Crippen LogP contribution in [0.4, 0.5) is 0 Å². The third kappa shape index (κ3) is 6.01. The zero-order valence-corrected chi connectivity index (χ0v) is 26.1. The maximum Gasteiger partial charge on any atom is -0.00651 e. The summed E-state index contributed by atoms with van der Waals surface area (Å²) < 4.78 is 0. The summed E-state index contributed by atoms with van der Waals surface area (Å²) in [5, 5.41) is 3.33. The van der Waals surface area contributed by atoms with E-state index in [4.69, 9.17) is 0 Å². The van der Waals surface area contributed by atoms with Crippen molar-refractivity contribution >= 4 is 25.8 Å². The van der Waals surface area contributed by atoms with Crippen molar-refractivity contribution < 1.29 is 0 Å². The van der Waals surface area contributed by atoms with Gasteiger partial charge in [0, 0.05) is 0 Å². The number of benzene rings is 4. The molecule has 2 heteroatoms. The van der Waals surface area contributed by atoms with Gasteiger partial charge in [0.25, 0.3) is 0 Å². The molecule has 0 nitrogen and oxygen atoms in total. The summed E-state index contributed by atoms with van der Waals surface area (Å²) in [7, 11) is -0.624. The number of hydrogen-bond acceptors (Lipinski definition) is 0. The van der Waals surface area contributed by atoms with Crippen LogP contribution in [0.3, 0.4) is 0 Å². The SMILES string of the molecule is Cc1ccc[c]c1-c1c(C)cccc1[P@](C1CCCCC1)P(c1ccc(-c2ccccc2)cc1)C1CCCCC1. The first-order valence-corrected chi connectivity index (χ1v) is 19.0. The van der Waals surface area contributed by atoms with Gasteiger partial charge in [-0.15, -0.1) is 0 Å². The van der Waals surface area contributed by atoms with Gasteiger partial charge in [0.05, 0.1) is 0 Å². The molecule has 2 fully saturated rings. The Bertz CT molecular complexity index is 1380.